The number of fused-ring (bicyclic) bond motifs is 1. The van der Waals surface area contributed by atoms with E-state index in [-0.39, 0.29) is 28.1 Å². The summed E-state index contributed by atoms with van der Waals surface area (Å²) < 4.78 is 76.8. The Balaban J connectivity index is 1.64. The van der Waals surface area contributed by atoms with Gasteiger partial charge in [-0.2, -0.15) is 8.78 Å². The fraction of sp³-hybridized carbons (Fsp3) is 0.206. The zero-order valence-corrected chi connectivity index (χ0v) is 27.7. The van der Waals surface area contributed by atoms with Crippen LogP contribution in [0, 0.1) is 24.4 Å². The van der Waals surface area contributed by atoms with Gasteiger partial charge in [0.2, 0.25) is 0 Å². The third kappa shape index (κ3) is 7.00. The van der Waals surface area contributed by atoms with Gasteiger partial charge in [0.25, 0.3) is 5.91 Å². The molecular formula is C34H26BrClF5N3O4. The molecule has 0 fully saturated rings. The average molecular weight is 751 g/mol. The smallest absolute Gasteiger partial charge is 0.387 e. The summed E-state index contributed by atoms with van der Waals surface area (Å²) >= 11 is 9.22. The Morgan fingerprint density at radius 3 is 2.33 bits per heavy atom. The van der Waals surface area contributed by atoms with Crippen LogP contribution in [0.5, 0.6) is 5.75 Å². The van der Waals surface area contributed by atoms with Crippen molar-refractivity contribution in [1.82, 2.24) is 15.3 Å². The number of halogens is 7. The third-order valence-corrected chi connectivity index (χ3v) is 8.64. The van der Waals surface area contributed by atoms with Gasteiger partial charge in [-0.05, 0) is 72.6 Å². The van der Waals surface area contributed by atoms with Crippen molar-refractivity contribution < 1.29 is 41.7 Å². The summed E-state index contributed by atoms with van der Waals surface area (Å²) in [4.78, 5) is 22.1. The molecule has 0 saturated carbocycles. The number of aliphatic hydroxyl groups is 2. The highest BCUT2D eigenvalue weighted by Crippen LogP contribution is 2.38. The number of hydrogen-bond acceptors (Lipinski definition) is 6. The number of carbonyl (C=O) groups is 1. The van der Waals surface area contributed by atoms with E-state index in [1.807, 2.05) is 0 Å². The molecule has 48 heavy (non-hydrogen) atoms. The van der Waals surface area contributed by atoms with Crippen LogP contribution in [0.15, 0.2) is 71.2 Å². The number of aryl methyl sites for hydroxylation is 1. The molecule has 5 aromatic rings. The fourth-order valence-electron chi connectivity index (χ4n) is 5.07. The molecule has 0 radical (unpaired) electrons. The fourth-order valence-corrected chi connectivity index (χ4v) is 5.57. The Kier molecular flexibility index (Phi) is 9.80. The van der Waals surface area contributed by atoms with Crippen molar-refractivity contribution in [3.05, 3.63) is 122 Å². The number of amides is 1. The molecule has 14 heteroatoms. The Bertz CT molecular complexity index is 2050. The lowest BCUT2D eigenvalue weighted by Gasteiger charge is -2.31. The predicted molar refractivity (Wildman–Crippen MR) is 172 cm³/mol. The van der Waals surface area contributed by atoms with Gasteiger partial charge in [-0.3, -0.25) is 4.79 Å². The summed E-state index contributed by atoms with van der Waals surface area (Å²) in [5.74, 6) is -4.67. The molecule has 2 heterocycles. The number of benzene rings is 3. The first-order valence-corrected chi connectivity index (χ1v) is 15.4. The lowest BCUT2D eigenvalue weighted by molar-refractivity contribution is -0.0489. The summed E-state index contributed by atoms with van der Waals surface area (Å²) in [6.07, 6.45) is 0. The Morgan fingerprint density at radius 1 is 1.00 bits per heavy atom. The number of aromatic nitrogens is 2. The summed E-state index contributed by atoms with van der Waals surface area (Å²) in [5, 5.41) is 25.5. The monoisotopic (exact) mass is 749 g/mol. The van der Waals surface area contributed by atoms with Gasteiger partial charge in [-0.25, -0.2) is 23.1 Å². The number of rotatable bonds is 9. The number of pyridine rings is 2. The molecule has 2 aromatic heterocycles. The summed E-state index contributed by atoms with van der Waals surface area (Å²) in [6, 6.07) is 14.2. The Labute approximate surface area is 284 Å². The second-order valence-corrected chi connectivity index (χ2v) is 12.7. The van der Waals surface area contributed by atoms with E-state index >= 15 is 8.78 Å². The van der Waals surface area contributed by atoms with E-state index in [2.05, 4.69) is 36.0 Å². The van der Waals surface area contributed by atoms with Crippen LogP contribution in [-0.2, 0) is 11.2 Å². The lowest BCUT2D eigenvalue weighted by Crippen LogP contribution is -2.42. The van der Waals surface area contributed by atoms with E-state index in [1.54, 1.807) is 31.2 Å². The molecule has 0 bridgehead atoms. The molecule has 7 nitrogen and oxygen atoms in total. The highest BCUT2D eigenvalue weighted by molar-refractivity contribution is 9.10. The maximum atomic E-state index is 15.9. The topological polar surface area (TPSA) is 105 Å². The number of hydrogen-bond donors (Lipinski definition) is 3. The first-order valence-electron chi connectivity index (χ1n) is 14.2. The average Bonchev–Trinajstić information content (AvgIpc) is 3.02. The Hall–Kier alpha value is -4.17. The molecule has 5 rings (SSSR count). The Morgan fingerprint density at radius 2 is 1.69 bits per heavy atom. The van der Waals surface area contributed by atoms with Gasteiger partial charge in [-0.1, -0.05) is 41.9 Å². The lowest BCUT2D eigenvalue weighted by atomic mass is 9.86. The molecule has 0 aliphatic carbocycles. The van der Waals surface area contributed by atoms with Crippen molar-refractivity contribution in [2.24, 2.45) is 0 Å². The number of ether oxygens (including phenoxy) is 1. The number of nitrogens with one attached hydrogen (secondary N) is 1. The first-order chi connectivity index (χ1) is 22.5. The zero-order chi connectivity index (χ0) is 35.1. The number of nitrogens with zero attached hydrogens (tertiary/aromatic N) is 2. The molecule has 1 atom stereocenters. The number of alkyl halides is 2. The van der Waals surface area contributed by atoms with Crippen molar-refractivity contribution in [2.75, 3.05) is 6.54 Å². The molecule has 1 amide bonds. The van der Waals surface area contributed by atoms with Gasteiger partial charge in [0, 0.05) is 32.6 Å². The maximum Gasteiger partial charge on any atom is 0.387 e. The maximum absolute atomic E-state index is 15.9. The van der Waals surface area contributed by atoms with Gasteiger partial charge < -0.3 is 20.3 Å². The molecule has 0 spiro atoms. The van der Waals surface area contributed by atoms with Crippen LogP contribution in [0.2, 0.25) is 5.02 Å². The van der Waals surface area contributed by atoms with Crippen molar-refractivity contribution in [3.63, 3.8) is 0 Å². The van der Waals surface area contributed by atoms with Crippen LogP contribution < -0.4 is 10.1 Å². The molecule has 250 valence electrons. The van der Waals surface area contributed by atoms with E-state index in [0.717, 1.165) is 18.2 Å². The SMILES string of the molecule is Cc1nc2c(OC(F)F)cc(C(=O)NC[C@@](O)(c3ccccc3)c3cc(C(C)(C)O)c(F)c(-c4cc(Cl)c(F)cc4F)n3)cc2cc1Br. The van der Waals surface area contributed by atoms with Gasteiger partial charge in [0.15, 0.2) is 11.6 Å². The molecule has 0 saturated heterocycles. The second kappa shape index (κ2) is 13.4. The standard InChI is InChI=1S/C34H26BrClF5N3O4/c1-16-22(35)10-17-9-18(11-26(29(17)43-16)48-32(40)41)31(45)42-15-34(47,19-7-5-4-6-8-19)27-13-21(33(2,3)46)28(39)30(44-27)20-12-23(36)25(38)14-24(20)37/h4-14,32,46-47H,15H2,1-3H3,(H,42,45)/t34-/m1/s1. The zero-order valence-electron chi connectivity index (χ0n) is 25.4. The minimum atomic E-state index is -3.22. The van der Waals surface area contributed by atoms with Crippen LogP contribution in [-0.4, -0.2) is 39.2 Å². The van der Waals surface area contributed by atoms with E-state index < -0.39 is 69.6 Å². The van der Waals surface area contributed by atoms with Crippen molar-refractivity contribution in [3.8, 4) is 17.0 Å². The van der Waals surface area contributed by atoms with Gasteiger partial charge in [0.05, 0.1) is 28.6 Å². The molecule has 0 aliphatic heterocycles. The van der Waals surface area contributed by atoms with Crippen molar-refractivity contribution in [1.29, 1.82) is 0 Å². The van der Waals surface area contributed by atoms with Gasteiger partial charge in [-0.15, -0.1) is 0 Å². The largest absolute Gasteiger partial charge is 0.432 e. The van der Waals surface area contributed by atoms with Gasteiger partial charge >= 0.3 is 6.61 Å². The van der Waals surface area contributed by atoms with E-state index in [4.69, 9.17) is 11.6 Å². The summed E-state index contributed by atoms with van der Waals surface area (Å²) in [6.45, 7) is 0.307. The minimum Gasteiger partial charge on any atom is -0.432 e. The highest BCUT2D eigenvalue weighted by atomic mass is 79.9. The second-order valence-electron chi connectivity index (χ2n) is 11.4. The van der Waals surface area contributed by atoms with E-state index in [0.29, 0.717) is 21.6 Å². The summed E-state index contributed by atoms with van der Waals surface area (Å²) in [5.41, 5.74) is -5.53. The highest BCUT2D eigenvalue weighted by Gasteiger charge is 2.38. The van der Waals surface area contributed by atoms with Crippen LogP contribution in [0.4, 0.5) is 22.0 Å². The minimum absolute atomic E-state index is 0.0867. The van der Waals surface area contributed by atoms with Crippen LogP contribution >= 0.6 is 27.5 Å². The normalized spacial score (nSPS) is 13.1. The van der Waals surface area contributed by atoms with Crippen molar-refractivity contribution >= 4 is 44.3 Å². The molecular weight excluding hydrogens is 725 g/mol. The van der Waals surface area contributed by atoms with Gasteiger partial charge in [0.1, 0.15) is 28.4 Å². The van der Waals surface area contributed by atoms with Crippen molar-refractivity contribution in [2.45, 2.75) is 38.6 Å². The predicted octanol–water partition coefficient (Wildman–Crippen LogP) is 7.93. The third-order valence-electron chi connectivity index (χ3n) is 7.55. The molecule has 3 N–H and O–H groups in total. The first kappa shape index (κ1) is 35.1. The molecule has 3 aromatic carbocycles. The quantitative estimate of drug-likeness (QED) is 0.105. The molecule has 0 aliphatic rings. The summed E-state index contributed by atoms with van der Waals surface area (Å²) in [7, 11) is 0. The van der Waals surface area contributed by atoms with E-state index in [9.17, 15) is 28.2 Å². The van der Waals surface area contributed by atoms with Crippen LogP contribution in [0.3, 0.4) is 0 Å². The van der Waals surface area contributed by atoms with Crippen LogP contribution in [0.1, 0.15) is 46.7 Å². The molecule has 0 unspecified atom stereocenters. The van der Waals surface area contributed by atoms with E-state index in [1.165, 1.54) is 32.0 Å². The van der Waals surface area contributed by atoms with Crippen LogP contribution in [0.25, 0.3) is 22.2 Å². The number of carbonyl (C=O) groups excluding carboxylic acids is 1.